The number of methoxy groups -OCH3 is 1. The molecule has 5 heteroatoms. The number of rotatable bonds is 3. The van der Waals surface area contributed by atoms with Crippen LogP contribution < -0.4 is 10.1 Å². The van der Waals surface area contributed by atoms with E-state index in [0.29, 0.717) is 17.1 Å². The van der Waals surface area contributed by atoms with E-state index in [4.69, 9.17) is 4.74 Å². The summed E-state index contributed by atoms with van der Waals surface area (Å²) in [5.74, 6) is 0.179. The van der Waals surface area contributed by atoms with Crippen LogP contribution in [0.15, 0.2) is 12.1 Å². The van der Waals surface area contributed by atoms with Gasteiger partial charge in [0.15, 0.2) is 0 Å². The van der Waals surface area contributed by atoms with Gasteiger partial charge in [0.05, 0.1) is 18.4 Å². The zero-order chi connectivity index (χ0) is 11.5. The first-order valence-electron chi connectivity index (χ1n) is 5.14. The van der Waals surface area contributed by atoms with Gasteiger partial charge in [0.1, 0.15) is 6.10 Å². The summed E-state index contributed by atoms with van der Waals surface area (Å²) < 4.78 is 10.2. The number of aryl methyl sites for hydroxylation is 1. The van der Waals surface area contributed by atoms with E-state index in [1.54, 1.807) is 19.1 Å². The van der Waals surface area contributed by atoms with Crippen LogP contribution in [-0.4, -0.2) is 37.3 Å². The molecule has 1 aliphatic rings. The first-order chi connectivity index (χ1) is 7.70. The van der Waals surface area contributed by atoms with E-state index >= 15 is 0 Å². The largest absolute Gasteiger partial charge is 0.472 e. The minimum atomic E-state index is -0.373. The minimum absolute atomic E-state index is 0.191. The number of hydrogen-bond donors (Lipinski definition) is 1. The van der Waals surface area contributed by atoms with Crippen LogP contribution in [0.5, 0.6) is 5.88 Å². The van der Waals surface area contributed by atoms with Crippen molar-refractivity contribution in [1.82, 2.24) is 10.3 Å². The molecule has 0 unspecified atom stereocenters. The Balaban J connectivity index is 2.11. The first-order valence-corrected chi connectivity index (χ1v) is 5.14. The van der Waals surface area contributed by atoms with E-state index in [1.165, 1.54) is 7.11 Å². The van der Waals surface area contributed by atoms with E-state index in [0.717, 1.165) is 13.1 Å². The van der Waals surface area contributed by atoms with Crippen LogP contribution in [0.3, 0.4) is 0 Å². The first kappa shape index (κ1) is 10.9. The highest BCUT2D eigenvalue weighted by atomic mass is 16.5. The molecule has 5 nitrogen and oxygen atoms in total. The Morgan fingerprint density at radius 3 is 2.75 bits per heavy atom. The molecule has 1 aromatic rings. The second-order valence-electron chi connectivity index (χ2n) is 3.67. The summed E-state index contributed by atoms with van der Waals surface area (Å²) in [7, 11) is 1.35. The number of nitrogens with zero attached hydrogens (tertiary/aromatic N) is 1. The Morgan fingerprint density at radius 2 is 2.25 bits per heavy atom. The lowest BCUT2D eigenvalue weighted by Gasteiger charge is -2.27. The van der Waals surface area contributed by atoms with Crippen LogP contribution >= 0.6 is 0 Å². The summed E-state index contributed by atoms with van der Waals surface area (Å²) in [6, 6.07) is 3.37. The molecule has 0 amide bonds. The Labute approximate surface area is 93.8 Å². The van der Waals surface area contributed by atoms with Gasteiger partial charge in [-0.2, -0.15) is 0 Å². The van der Waals surface area contributed by atoms with E-state index < -0.39 is 0 Å². The third kappa shape index (κ3) is 2.14. The third-order valence-electron chi connectivity index (χ3n) is 2.50. The van der Waals surface area contributed by atoms with Gasteiger partial charge in [0, 0.05) is 19.2 Å². The standard InChI is InChI=1S/C11H14N2O3/c1-7-9(11(14)15-2)3-4-10(13-7)16-8-5-12-6-8/h3-4,8,12H,5-6H2,1-2H3. The summed E-state index contributed by atoms with van der Waals surface area (Å²) in [5, 5.41) is 3.11. The number of carbonyl (C=O) groups is 1. The van der Waals surface area contributed by atoms with Crippen molar-refractivity contribution in [3.05, 3.63) is 23.4 Å². The van der Waals surface area contributed by atoms with E-state index in [-0.39, 0.29) is 12.1 Å². The molecule has 0 atom stereocenters. The third-order valence-corrected chi connectivity index (χ3v) is 2.50. The number of carbonyl (C=O) groups excluding carboxylic acids is 1. The number of aromatic nitrogens is 1. The maximum atomic E-state index is 11.3. The van der Waals surface area contributed by atoms with Gasteiger partial charge in [0.25, 0.3) is 0 Å². The van der Waals surface area contributed by atoms with E-state index in [9.17, 15) is 4.79 Å². The van der Waals surface area contributed by atoms with Gasteiger partial charge in [0.2, 0.25) is 5.88 Å². The monoisotopic (exact) mass is 222 g/mol. The van der Waals surface area contributed by atoms with Crippen molar-refractivity contribution in [1.29, 1.82) is 0 Å². The zero-order valence-corrected chi connectivity index (χ0v) is 9.32. The molecule has 2 rings (SSSR count). The number of ether oxygens (including phenoxy) is 2. The summed E-state index contributed by atoms with van der Waals surface area (Å²) in [6.45, 7) is 3.46. The lowest BCUT2D eigenvalue weighted by atomic mass is 10.2. The van der Waals surface area contributed by atoms with Gasteiger partial charge in [-0.25, -0.2) is 9.78 Å². The molecular weight excluding hydrogens is 208 g/mol. The second kappa shape index (κ2) is 4.49. The lowest BCUT2D eigenvalue weighted by Crippen LogP contribution is -2.50. The van der Waals surface area contributed by atoms with Gasteiger partial charge < -0.3 is 14.8 Å². The predicted molar refractivity (Wildman–Crippen MR) is 57.6 cm³/mol. The van der Waals surface area contributed by atoms with Gasteiger partial charge in [-0.3, -0.25) is 0 Å². The Hall–Kier alpha value is -1.62. The highest BCUT2D eigenvalue weighted by molar-refractivity contribution is 5.90. The van der Waals surface area contributed by atoms with Crippen LogP contribution in [0, 0.1) is 6.92 Å². The molecule has 0 radical (unpaired) electrons. The van der Waals surface area contributed by atoms with Crippen molar-refractivity contribution in [2.75, 3.05) is 20.2 Å². The summed E-state index contributed by atoms with van der Waals surface area (Å²) in [5.41, 5.74) is 1.10. The summed E-state index contributed by atoms with van der Waals surface area (Å²) >= 11 is 0. The molecule has 1 aromatic heterocycles. The van der Waals surface area contributed by atoms with E-state index in [2.05, 4.69) is 15.0 Å². The molecule has 0 spiro atoms. The molecule has 0 saturated carbocycles. The second-order valence-corrected chi connectivity index (χ2v) is 3.67. The Kier molecular flexibility index (Phi) is 3.05. The molecule has 0 bridgehead atoms. The average Bonchev–Trinajstić information content (AvgIpc) is 2.23. The van der Waals surface area contributed by atoms with Crippen LogP contribution in [0.1, 0.15) is 16.1 Å². The smallest absolute Gasteiger partial charge is 0.339 e. The Bertz CT molecular complexity index is 402. The highest BCUT2D eigenvalue weighted by Crippen LogP contribution is 2.15. The molecule has 1 fully saturated rings. The molecule has 86 valence electrons. The van der Waals surface area contributed by atoms with Crippen molar-refractivity contribution >= 4 is 5.97 Å². The van der Waals surface area contributed by atoms with Gasteiger partial charge in [-0.15, -0.1) is 0 Å². The normalized spacial score (nSPS) is 15.4. The quantitative estimate of drug-likeness (QED) is 0.756. The number of esters is 1. The van der Waals surface area contributed by atoms with Crippen LogP contribution in [0.2, 0.25) is 0 Å². The summed E-state index contributed by atoms with van der Waals surface area (Å²) in [6.07, 6.45) is 0.191. The van der Waals surface area contributed by atoms with Crippen molar-refractivity contribution in [3.63, 3.8) is 0 Å². The van der Waals surface area contributed by atoms with Crippen molar-refractivity contribution < 1.29 is 14.3 Å². The van der Waals surface area contributed by atoms with Gasteiger partial charge in [-0.1, -0.05) is 0 Å². The molecule has 1 N–H and O–H groups in total. The number of nitrogens with one attached hydrogen (secondary N) is 1. The fourth-order valence-corrected chi connectivity index (χ4v) is 1.45. The number of pyridine rings is 1. The SMILES string of the molecule is COC(=O)c1ccc(OC2CNC2)nc1C. The molecule has 16 heavy (non-hydrogen) atoms. The molecule has 1 aliphatic heterocycles. The average molecular weight is 222 g/mol. The van der Waals surface area contributed by atoms with Gasteiger partial charge >= 0.3 is 5.97 Å². The fourth-order valence-electron chi connectivity index (χ4n) is 1.45. The van der Waals surface area contributed by atoms with Crippen LogP contribution in [0.4, 0.5) is 0 Å². The van der Waals surface area contributed by atoms with Crippen molar-refractivity contribution in [2.24, 2.45) is 0 Å². The van der Waals surface area contributed by atoms with Crippen LogP contribution in [-0.2, 0) is 4.74 Å². The highest BCUT2D eigenvalue weighted by Gasteiger charge is 2.19. The molecule has 0 aliphatic carbocycles. The molecule has 0 aromatic carbocycles. The lowest BCUT2D eigenvalue weighted by molar-refractivity contribution is 0.0599. The van der Waals surface area contributed by atoms with Crippen molar-refractivity contribution in [3.8, 4) is 5.88 Å². The molecular formula is C11H14N2O3. The van der Waals surface area contributed by atoms with Gasteiger partial charge in [-0.05, 0) is 13.0 Å². The van der Waals surface area contributed by atoms with E-state index in [1.807, 2.05) is 0 Å². The predicted octanol–water partition coefficient (Wildman–Crippen LogP) is 0.527. The summed E-state index contributed by atoms with van der Waals surface area (Å²) in [4.78, 5) is 15.5. The molecule has 2 heterocycles. The van der Waals surface area contributed by atoms with Crippen molar-refractivity contribution in [2.45, 2.75) is 13.0 Å². The fraction of sp³-hybridized carbons (Fsp3) is 0.455. The maximum absolute atomic E-state index is 11.3. The zero-order valence-electron chi connectivity index (χ0n) is 9.32. The number of hydrogen-bond acceptors (Lipinski definition) is 5. The molecule has 1 saturated heterocycles. The topological polar surface area (TPSA) is 60.5 Å². The maximum Gasteiger partial charge on any atom is 0.339 e. The minimum Gasteiger partial charge on any atom is -0.472 e. The van der Waals surface area contributed by atoms with Crippen LogP contribution in [0.25, 0.3) is 0 Å². The Morgan fingerprint density at radius 1 is 1.50 bits per heavy atom.